The van der Waals surface area contributed by atoms with Crippen molar-refractivity contribution < 1.29 is 0 Å². The lowest BCUT2D eigenvalue weighted by atomic mass is 9.94. The molecule has 0 fully saturated rings. The van der Waals surface area contributed by atoms with Crippen LogP contribution in [-0.2, 0) is 0 Å². The Balaban J connectivity index is 2.58. The first kappa shape index (κ1) is 12.6. The number of hydrogen-bond donors (Lipinski definition) is 1. The lowest BCUT2D eigenvalue weighted by Gasteiger charge is -2.20. The predicted molar refractivity (Wildman–Crippen MR) is 65.0 cm³/mol. The second kappa shape index (κ2) is 6.90. The maximum Gasteiger partial charge on any atom is 0.0669 e. The molecule has 0 spiro atoms. The third-order valence-corrected chi connectivity index (χ3v) is 3.67. The minimum absolute atomic E-state index is 0.444. The molecule has 15 heavy (non-hydrogen) atoms. The normalized spacial score (nSPS) is 13.3. The van der Waals surface area contributed by atoms with Crippen molar-refractivity contribution in [3.05, 3.63) is 11.1 Å². The van der Waals surface area contributed by atoms with Gasteiger partial charge in [0.05, 0.1) is 11.1 Å². The summed E-state index contributed by atoms with van der Waals surface area (Å²) in [6.07, 6.45) is 5.60. The van der Waals surface area contributed by atoms with Crippen LogP contribution in [0.3, 0.4) is 0 Å². The van der Waals surface area contributed by atoms with Crippen LogP contribution in [0.4, 0.5) is 0 Å². The second-order valence-electron chi connectivity index (χ2n) is 3.85. The van der Waals surface area contributed by atoms with Gasteiger partial charge in [-0.15, -0.1) is 5.10 Å². The molecule has 0 amide bonds. The van der Waals surface area contributed by atoms with E-state index in [9.17, 15) is 0 Å². The molecule has 1 atom stereocenters. The van der Waals surface area contributed by atoms with Crippen LogP contribution in [0, 0.1) is 5.92 Å². The van der Waals surface area contributed by atoms with Crippen molar-refractivity contribution in [3.63, 3.8) is 0 Å². The van der Waals surface area contributed by atoms with Crippen LogP contribution in [0.5, 0.6) is 0 Å². The number of aromatic nitrogens is 2. The van der Waals surface area contributed by atoms with Gasteiger partial charge >= 0.3 is 0 Å². The van der Waals surface area contributed by atoms with Gasteiger partial charge in [0, 0.05) is 6.04 Å². The van der Waals surface area contributed by atoms with E-state index in [1.165, 1.54) is 35.7 Å². The molecule has 0 aliphatic rings. The molecule has 0 aromatic carbocycles. The summed E-state index contributed by atoms with van der Waals surface area (Å²) < 4.78 is 3.94. The van der Waals surface area contributed by atoms with Crippen molar-refractivity contribution in [3.8, 4) is 0 Å². The highest BCUT2D eigenvalue weighted by atomic mass is 32.1. The van der Waals surface area contributed by atoms with Crippen LogP contribution < -0.4 is 5.32 Å². The Morgan fingerprint density at radius 1 is 1.33 bits per heavy atom. The van der Waals surface area contributed by atoms with Gasteiger partial charge in [-0.2, -0.15) is 0 Å². The quantitative estimate of drug-likeness (QED) is 0.778. The van der Waals surface area contributed by atoms with E-state index in [-0.39, 0.29) is 0 Å². The molecule has 86 valence electrons. The summed E-state index contributed by atoms with van der Waals surface area (Å²) in [7, 11) is 0. The summed E-state index contributed by atoms with van der Waals surface area (Å²) in [6.45, 7) is 7.68. The molecular formula is C11H21N3S. The molecule has 0 aliphatic carbocycles. The smallest absolute Gasteiger partial charge is 0.0669 e. The van der Waals surface area contributed by atoms with Crippen molar-refractivity contribution in [1.82, 2.24) is 14.9 Å². The van der Waals surface area contributed by atoms with E-state index in [1.54, 1.807) is 0 Å². The molecule has 4 heteroatoms. The first-order valence-electron chi connectivity index (χ1n) is 5.82. The number of nitrogens with one attached hydrogen (secondary N) is 1. The van der Waals surface area contributed by atoms with Crippen molar-refractivity contribution in [2.45, 2.75) is 46.1 Å². The Hall–Kier alpha value is -0.480. The summed E-state index contributed by atoms with van der Waals surface area (Å²) in [5.41, 5.74) is 0. The van der Waals surface area contributed by atoms with E-state index in [4.69, 9.17) is 0 Å². The van der Waals surface area contributed by atoms with Gasteiger partial charge in [0.25, 0.3) is 0 Å². The molecule has 3 nitrogen and oxygen atoms in total. The Labute approximate surface area is 96.5 Å². The van der Waals surface area contributed by atoms with Gasteiger partial charge < -0.3 is 5.32 Å². The predicted octanol–water partition coefficient (Wildman–Crippen LogP) is 3.02. The topological polar surface area (TPSA) is 37.8 Å². The molecule has 0 saturated heterocycles. The van der Waals surface area contributed by atoms with Crippen LogP contribution in [0.25, 0.3) is 0 Å². The van der Waals surface area contributed by atoms with E-state index in [0.29, 0.717) is 6.04 Å². The largest absolute Gasteiger partial charge is 0.309 e. The van der Waals surface area contributed by atoms with Gasteiger partial charge in [-0.1, -0.05) is 38.1 Å². The molecule has 0 aliphatic heterocycles. The van der Waals surface area contributed by atoms with Crippen LogP contribution in [0.1, 0.15) is 51.0 Å². The highest BCUT2D eigenvalue weighted by Gasteiger charge is 2.16. The van der Waals surface area contributed by atoms with Crippen LogP contribution in [0.2, 0.25) is 0 Å². The van der Waals surface area contributed by atoms with Gasteiger partial charge in [-0.05, 0) is 30.4 Å². The molecular weight excluding hydrogens is 206 g/mol. The van der Waals surface area contributed by atoms with Crippen LogP contribution in [-0.4, -0.2) is 16.1 Å². The first-order valence-corrected chi connectivity index (χ1v) is 6.59. The zero-order chi connectivity index (χ0) is 11.1. The summed E-state index contributed by atoms with van der Waals surface area (Å²) in [5, 5.41) is 7.43. The highest BCUT2D eigenvalue weighted by molar-refractivity contribution is 7.05. The lowest BCUT2D eigenvalue weighted by molar-refractivity contribution is 0.378. The lowest BCUT2D eigenvalue weighted by Crippen LogP contribution is -2.22. The van der Waals surface area contributed by atoms with E-state index in [2.05, 4.69) is 35.7 Å². The monoisotopic (exact) mass is 227 g/mol. The molecule has 0 saturated carbocycles. The summed E-state index contributed by atoms with van der Waals surface area (Å²) in [4.78, 5) is 1.27. The molecule has 1 aromatic rings. The van der Waals surface area contributed by atoms with E-state index in [1.807, 2.05) is 6.20 Å². The third kappa shape index (κ3) is 3.87. The SMILES string of the molecule is CCNC(CC(CC)CC)c1cnns1. The molecule has 1 heterocycles. The van der Waals surface area contributed by atoms with Gasteiger partial charge in [0.1, 0.15) is 0 Å². The molecule has 0 radical (unpaired) electrons. The van der Waals surface area contributed by atoms with Gasteiger partial charge in [-0.25, -0.2) is 0 Å². The van der Waals surface area contributed by atoms with Crippen LogP contribution in [0.15, 0.2) is 6.20 Å². The zero-order valence-corrected chi connectivity index (χ0v) is 10.7. The average Bonchev–Trinajstić information content (AvgIpc) is 2.77. The second-order valence-corrected chi connectivity index (χ2v) is 4.67. The summed E-state index contributed by atoms with van der Waals surface area (Å²) in [6, 6.07) is 0.444. The fourth-order valence-electron chi connectivity index (χ4n) is 1.83. The minimum Gasteiger partial charge on any atom is -0.309 e. The molecule has 0 bridgehead atoms. The van der Waals surface area contributed by atoms with E-state index in [0.717, 1.165) is 12.5 Å². The number of hydrogen-bond acceptors (Lipinski definition) is 4. The number of rotatable bonds is 7. The molecule has 1 unspecified atom stereocenters. The van der Waals surface area contributed by atoms with Gasteiger partial charge in [-0.3, -0.25) is 0 Å². The minimum atomic E-state index is 0.444. The Morgan fingerprint density at radius 3 is 2.53 bits per heavy atom. The fraction of sp³-hybridized carbons (Fsp3) is 0.818. The highest BCUT2D eigenvalue weighted by Crippen LogP contribution is 2.26. The molecule has 1 aromatic heterocycles. The van der Waals surface area contributed by atoms with E-state index >= 15 is 0 Å². The van der Waals surface area contributed by atoms with Crippen LogP contribution >= 0.6 is 11.5 Å². The van der Waals surface area contributed by atoms with Crippen molar-refractivity contribution in [1.29, 1.82) is 0 Å². The Morgan fingerprint density at radius 2 is 2.07 bits per heavy atom. The average molecular weight is 227 g/mol. The first-order chi connectivity index (χ1) is 7.31. The van der Waals surface area contributed by atoms with Crippen molar-refractivity contribution >= 4 is 11.5 Å². The molecule has 1 rings (SSSR count). The summed E-state index contributed by atoms with van der Waals surface area (Å²) in [5.74, 6) is 0.802. The van der Waals surface area contributed by atoms with E-state index < -0.39 is 0 Å². The Kier molecular flexibility index (Phi) is 5.79. The maximum atomic E-state index is 3.94. The maximum absolute atomic E-state index is 3.94. The van der Waals surface area contributed by atoms with Crippen molar-refractivity contribution in [2.24, 2.45) is 5.92 Å². The Bertz CT molecular complexity index is 244. The van der Waals surface area contributed by atoms with Gasteiger partial charge in [0.15, 0.2) is 0 Å². The third-order valence-electron chi connectivity index (χ3n) is 2.90. The fourth-order valence-corrected chi connectivity index (χ4v) is 2.42. The van der Waals surface area contributed by atoms with Gasteiger partial charge in [0.2, 0.25) is 0 Å². The number of nitrogens with zero attached hydrogens (tertiary/aromatic N) is 2. The van der Waals surface area contributed by atoms with Crippen molar-refractivity contribution in [2.75, 3.05) is 6.54 Å². The molecule has 1 N–H and O–H groups in total. The summed E-state index contributed by atoms with van der Waals surface area (Å²) >= 11 is 1.51. The zero-order valence-electron chi connectivity index (χ0n) is 9.86. The standard InChI is InChI=1S/C11H21N3S/c1-4-9(5-2)7-10(12-6-3)11-8-13-14-15-11/h8-10,12H,4-7H2,1-3H3.